The first-order valence-electron chi connectivity index (χ1n) is 2.43. The van der Waals surface area contributed by atoms with Gasteiger partial charge in [-0.05, 0) is 0 Å². The first kappa shape index (κ1) is 13.0. The minimum Gasteiger partial charge on any atom is -1.00 e. The number of benzene rings is 1. The number of hydrogen-bond donors (Lipinski definition) is 0. The number of aryl methyl sites for hydroxylation is 1. The van der Waals surface area contributed by atoms with Gasteiger partial charge in [0.05, 0.1) is 0 Å². The molecule has 1 rings (SSSR count). The fourth-order valence-electron chi connectivity index (χ4n) is 0.488. The molecule has 0 nitrogen and oxygen atoms in total. The molecular weight excluding hydrogens is 207 g/mol. The molecule has 3 heteroatoms. The molecular formula is C7H6BrFMg. The summed E-state index contributed by atoms with van der Waals surface area (Å²) >= 11 is 0. The Morgan fingerprint density at radius 3 is 2.40 bits per heavy atom. The Hall–Kier alpha value is 0.396. The molecule has 0 heterocycles. The van der Waals surface area contributed by atoms with Crippen LogP contribution in [-0.2, 0) is 0 Å². The fourth-order valence-corrected chi connectivity index (χ4v) is 0.488. The van der Waals surface area contributed by atoms with E-state index >= 15 is 0 Å². The van der Waals surface area contributed by atoms with Crippen LogP contribution in [0.15, 0.2) is 18.2 Å². The van der Waals surface area contributed by atoms with Gasteiger partial charge in [0.15, 0.2) is 0 Å². The average Bonchev–Trinajstić information content (AvgIpc) is 1.77. The Bertz CT molecular complexity index is 170. The van der Waals surface area contributed by atoms with Gasteiger partial charge in [-0.25, -0.2) is 0 Å². The van der Waals surface area contributed by atoms with Gasteiger partial charge in [-0.1, -0.05) is 6.92 Å². The molecule has 0 unspecified atom stereocenters. The van der Waals surface area contributed by atoms with Crippen LogP contribution in [0.2, 0.25) is 0 Å². The molecule has 0 aliphatic rings. The molecule has 0 N–H and O–H groups in total. The van der Waals surface area contributed by atoms with Gasteiger partial charge in [0.2, 0.25) is 0 Å². The van der Waals surface area contributed by atoms with Crippen LogP contribution >= 0.6 is 0 Å². The van der Waals surface area contributed by atoms with Crippen LogP contribution in [0.1, 0.15) is 5.56 Å². The van der Waals surface area contributed by atoms with Crippen molar-refractivity contribution in [2.24, 2.45) is 0 Å². The zero-order valence-corrected chi connectivity index (χ0v) is 8.70. The summed E-state index contributed by atoms with van der Waals surface area (Å²) in [6.45, 7) is 1.73. The minimum absolute atomic E-state index is 0. The summed E-state index contributed by atoms with van der Waals surface area (Å²) in [5.41, 5.74) is 0.670. The van der Waals surface area contributed by atoms with Gasteiger partial charge in [-0.3, -0.25) is 4.39 Å². The summed E-state index contributed by atoms with van der Waals surface area (Å²) in [6, 6.07) is 7.34. The normalized spacial score (nSPS) is 7.40. The van der Waals surface area contributed by atoms with Crippen LogP contribution < -0.4 is 17.0 Å². The predicted octanol–water partition coefficient (Wildman–Crippen LogP) is -1.44. The van der Waals surface area contributed by atoms with Crippen molar-refractivity contribution in [3.05, 3.63) is 35.6 Å². The Kier molecular flexibility index (Phi) is 7.98. The predicted molar refractivity (Wildman–Crippen MR) is 35.7 cm³/mol. The van der Waals surface area contributed by atoms with Crippen LogP contribution in [0.4, 0.5) is 4.39 Å². The van der Waals surface area contributed by atoms with Crippen molar-refractivity contribution in [2.75, 3.05) is 0 Å². The van der Waals surface area contributed by atoms with Gasteiger partial charge >= 0.3 is 23.1 Å². The number of rotatable bonds is 0. The largest absolute Gasteiger partial charge is 2.00 e. The Balaban J connectivity index is 0. The average molecular weight is 213 g/mol. The van der Waals surface area contributed by atoms with Gasteiger partial charge in [-0.2, -0.15) is 18.2 Å². The van der Waals surface area contributed by atoms with Gasteiger partial charge in [0.1, 0.15) is 0 Å². The molecule has 0 saturated heterocycles. The molecule has 0 aromatic heterocycles. The van der Waals surface area contributed by atoms with Gasteiger partial charge in [0.25, 0.3) is 0 Å². The van der Waals surface area contributed by atoms with Crippen molar-refractivity contribution in [3.63, 3.8) is 0 Å². The van der Waals surface area contributed by atoms with Gasteiger partial charge < -0.3 is 17.0 Å². The standard InChI is InChI=1S/C7H6F.BrH.Mg/c1-6-4-2-3-5-7(6)8;;/h2,4-5H,1H3;1H;/q-1;;+2/p-1. The van der Waals surface area contributed by atoms with Crippen molar-refractivity contribution in [1.82, 2.24) is 0 Å². The summed E-state index contributed by atoms with van der Waals surface area (Å²) in [6.07, 6.45) is 0. The molecule has 0 spiro atoms. The maximum Gasteiger partial charge on any atom is 2.00 e. The first-order chi connectivity index (χ1) is 3.80. The maximum atomic E-state index is 12.3. The molecule has 10 heavy (non-hydrogen) atoms. The van der Waals surface area contributed by atoms with E-state index in [4.69, 9.17) is 0 Å². The second kappa shape index (κ2) is 6.13. The number of hydrogen-bond acceptors (Lipinski definition) is 0. The third-order valence-corrected chi connectivity index (χ3v) is 1.02. The van der Waals surface area contributed by atoms with Crippen molar-refractivity contribution in [2.45, 2.75) is 6.92 Å². The van der Waals surface area contributed by atoms with E-state index in [0.717, 1.165) is 0 Å². The third-order valence-electron chi connectivity index (χ3n) is 1.02. The molecule has 0 aliphatic carbocycles. The van der Waals surface area contributed by atoms with Crippen LogP contribution in [0.3, 0.4) is 0 Å². The van der Waals surface area contributed by atoms with Crippen LogP contribution in [0.25, 0.3) is 0 Å². The van der Waals surface area contributed by atoms with E-state index in [1.165, 1.54) is 6.07 Å². The monoisotopic (exact) mass is 212 g/mol. The second-order valence-electron chi connectivity index (χ2n) is 1.68. The smallest absolute Gasteiger partial charge is 1.00 e. The second-order valence-corrected chi connectivity index (χ2v) is 1.68. The zero-order valence-electron chi connectivity index (χ0n) is 5.70. The summed E-state index contributed by atoms with van der Waals surface area (Å²) < 4.78 is 12.3. The van der Waals surface area contributed by atoms with E-state index in [-0.39, 0.29) is 45.9 Å². The van der Waals surface area contributed by atoms with E-state index in [2.05, 4.69) is 6.07 Å². The summed E-state index contributed by atoms with van der Waals surface area (Å²) in [5, 5.41) is 0. The van der Waals surface area contributed by atoms with Crippen LogP contribution in [-0.4, -0.2) is 23.1 Å². The summed E-state index contributed by atoms with van der Waals surface area (Å²) in [4.78, 5) is 0. The molecule has 1 aromatic rings. The molecule has 0 fully saturated rings. The zero-order chi connectivity index (χ0) is 5.98. The third kappa shape index (κ3) is 3.54. The Morgan fingerprint density at radius 1 is 1.50 bits per heavy atom. The topological polar surface area (TPSA) is 0 Å². The summed E-state index contributed by atoms with van der Waals surface area (Å²) in [7, 11) is 0. The molecule has 0 saturated carbocycles. The molecule has 0 atom stereocenters. The van der Waals surface area contributed by atoms with Gasteiger partial charge in [-0.15, -0.1) is 11.6 Å². The maximum absolute atomic E-state index is 12.3. The van der Waals surface area contributed by atoms with E-state index in [1.54, 1.807) is 19.1 Å². The minimum atomic E-state index is -0.187. The first-order valence-corrected chi connectivity index (χ1v) is 2.43. The van der Waals surface area contributed by atoms with Crippen LogP contribution in [0, 0.1) is 18.8 Å². The van der Waals surface area contributed by atoms with Gasteiger partial charge in [0, 0.05) is 5.82 Å². The van der Waals surface area contributed by atoms with Crippen molar-refractivity contribution in [3.8, 4) is 0 Å². The molecule has 0 bridgehead atoms. The van der Waals surface area contributed by atoms with E-state index in [1.807, 2.05) is 0 Å². The quantitative estimate of drug-likeness (QED) is 0.366. The van der Waals surface area contributed by atoms with Crippen molar-refractivity contribution >= 4 is 23.1 Å². The Morgan fingerprint density at radius 2 is 2.10 bits per heavy atom. The molecule has 50 valence electrons. The van der Waals surface area contributed by atoms with E-state index in [0.29, 0.717) is 5.56 Å². The summed E-state index contributed by atoms with van der Waals surface area (Å²) in [5.74, 6) is -0.187. The van der Waals surface area contributed by atoms with Crippen LogP contribution in [0.5, 0.6) is 0 Å². The molecule has 1 aromatic carbocycles. The Labute approximate surface area is 86.7 Å². The van der Waals surface area contributed by atoms with Crippen molar-refractivity contribution in [1.29, 1.82) is 0 Å². The molecule has 0 amide bonds. The SMILES string of the molecule is Cc1cc[c-]cc1F.[Br-].[Mg+2]. The fraction of sp³-hybridized carbons (Fsp3) is 0.143. The number of halogens is 2. The molecule has 0 radical (unpaired) electrons. The van der Waals surface area contributed by atoms with E-state index < -0.39 is 0 Å². The van der Waals surface area contributed by atoms with Crippen molar-refractivity contribution < 1.29 is 21.4 Å². The molecule has 0 aliphatic heterocycles. The van der Waals surface area contributed by atoms with E-state index in [9.17, 15) is 4.39 Å².